The van der Waals surface area contributed by atoms with Crippen LogP contribution in [0.25, 0.3) is 0 Å². The third kappa shape index (κ3) is 7.69. The highest BCUT2D eigenvalue weighted by Gasteiger charge is 2.29. The van der Waals surface area contributed by atoms with Crippen molar-refractivity contribution < 1.29 is 23.7 Å². The van der Waals surface area contributed by atoms with Gasteiger partial charge in [-0.1, -0.05) is 31.4 Å². The Morgan fingerprint density at radius 2 is 2.06 bits per heavy atom. The molecule has 0 amide bonds. The van der Waals surface area contributed by atoms with E-state index in [0.717, 1.165) is 50.5 Å². The van der Waals surface area contributed by atoms with Crippen LogP contribution in [-0.4, -0.2) is 30.9 Å². The molecule has 0 fully saturated rings. The molecule has 6 nitrogen and oxygen atoms in total. The summed E-state index contributed by atoms with van der Waals surface area (Å²) in [6.45, 7) is 6.28. The summed E-state index contributed by atoms with van der Waals surface area (Å²) in [4.78, 5) is 11.8. The summed E-state index contributed by atoms with van der Waals surface area (Å²) in [6, 6.07) is 3.73. The standard InChI is InChI=1S/C24H38NO5P/c1-5-7-8-11-19-16-21(26)24(20-12-9-10-18(3)15-20)22(17-19)30-31(28,25-4)14-13-23(27)29-6-2/h15-17,20,26H,5-14H2,1-4H3,(H,25,28). The van der Waals surface area contributed by atoms with E-state index in [1.807, 2.05) is 12.1 Å². The average molecular weight is 452 g/mol. The van der Waals surface area contributed by atoms with E-state index in [1.54, 1.807) is 14.0 Å². The van der Waals surface area contributed by atoms with E-state index in [-0.39, 0.29) is 30.9 Å². The molecule has 1 aromatic rings. The molecule has 2 rings (SSSR count). The molecule has 0 spiro atoms. The van der Waals surface area contributed by atoms with E-state index in [2.05, 4.69) is 25.0 Å². The van der Waals surface area contributed by atoms with Gasteiger partial charge in [0.1, 0.15) is 11.5 Å². The maximum atomic E-state index is 13.4. The Morgan fingerprint density at radius 3 is 2.71 bits per heavy atom. The molecule has 0 radical (unpaired) electrons. The number of hydrogen-bond acceptors (Lipinski definition) is 5. The number of carbonyl (C=O) groups excluding carboxylic acids is 1. The van der Waals surface area contributed by atoms with E-state index in [9.17, 15) is 14.5 Å². The van der Waals surface area contributed by atoms with Gasteiger partial charge in [0.2, 0.25) is 0 Å². The van der Waals surface area contributed by atoms with Crippen LogP contribution in [0, 0.1) is 0 Å². The number of benzene rings is 1. The Hall–Kier alpha value is -1.78. The first kappa shape index (κ1) is 25.5. The topological polar surface area (TPSA) is 84.9 Å². The highest BCUT2D eigenvalue weighted by molar-refractivity contribution is 7.57. The number of allylic oxidation sites excluding steroid dienone is 2. The van der Waals surface area contributed by atoms with Crippen LogP contribution in [0.3, 0.4) is 0 Å². The Bertz CT molecular complexity index is 820. The number of nitrogens with one attached hydrogen (secondary N) is 1. The van der Waals surface area contributed by atoms with Crippen molar-refractivity contribution in [3.05, 3.63) is 34.9 Å². The zero-order chi connectivity index (χ0) is 22.9. The Morgan fingerprint density at radius 1 is 1.29 bits per heavy atom. The molecule has 2 atom stereocenters. The van der Waals surface area contributed by atoms with Crippen molar-refractivity contribution in [1.82, 2.24) is 5.09 Å². The molecule has 0 aliphatic heterocycles. The van der Waals surface area contributed by atoms with Gasteiger partial charge in [-0.05, 0) is 70.7 Å². The van der Waals surface area contributed by atoms with Gasteiger partial charge in [-0.25, -0.2) is 5.09 Å². The number of carbonyl (C=O) groups is 1. The first-order valence-corrected chi connectivity index (χ1v) is 13.3. The van der Waals surface area contributed by atoms with Gasteiger partial charge in [-0.3, -0.25) is 9.36 Å². The molecule has 0 bridgehead atoms. The molecule has 174 valence electrons. The third-order valence-electron chi connectivity index (χ3n) is 5.69. The second kappa shape index (κ2) is 12.3. The summed E-state index contributed by atoms with van der Waals surface area (Å²) < 4.78 is 24.4. The molecule has 2 unspecified atom stereocenters. The van der Waals surface area contributed by atoms with Crippen LogP contribution in [0.1, 0.15) is 82.8 Å². The Balaban J connectivity index is 2.36. The van der Waals surface area contributed by atoms with E-state index >= 15 is 0 Å². The summed E-state index contributed by atoms with van der Waals surface area (Å²) in [5, 5.41) is 13.7. The lowest BCUT2D eigenvalue weighted by atomic mass is 9.84. The molecule has 1 aromatic carbocycles. The van der Waals surface area contributed by atoms with Gasteiger partial charge < -0.3 is 14.4 Å². The molecular formula is C24H38NO5P. The normalized spacial score (nSPS) is 18.2. The van der Waals surface area contributed by atoms with Crippen molar-refractivity contribution in [3.8, 4) is 11.5 Å². The lowest BCUT2D eigenvalue weighted by Crippen LogP contribution is -2.17. The maximum Gasteiger partial charge on any atom is 0.316 e. The number of ether oxygens (including phenoxy) is 1. The van der Waals surface area contributed by atoms with Crippen LogP contribution in [0.4, 0.5) is 0 Å². The predicted molar refractivity (Wildman–Crippen MR) is 125 cm³/mol. The SMILES string of the molecule is CCCCCc1cc(O)c(C2C=C(C)CCC2)c(OP(=O)(CCC(=O)OCC)NC)c1. The largest absolute Gasteiger partial charge is 0.507 e. The van der Waals surface area contributed by atoms with E-state index in [0.29, 0.717) is 11.3 Å². The van der Waals surface area contributed by atoms with Crippen molar-refractivity contribution in [1.29, 1.82) is 0 Å². The molecule has 0 heterocycles. The summed E-state index contributed by atoms with van der Waals surface area (Å²) in [5.41, 5.74) is 2.94. The van der Waals surface area contributed by atoms with Gasteiger partial charge in [0.15, 0.2) is 0 Å². The second-order valence-electron chi connectivity index (χ2n) is 8.26. The minimum atomic E-state index is -3.35. The number of rotatable bonds is 12. The smallest absolute Gasteiger partial charge is 0.316 e. The highest BCUT2D eigenvalue weighted by atomic mass is 31.2. The van der Waals surface area contributed by atoms with Gasteiger partial charge in [0, 0.05) is 11.5 Å². The first-order valence-electron chi connectivity index (χ1n) is 11.5. The Labute approximate surface area is 186 Å². The lowest BCUT2D eigenvalue weighted by molar-refractivity contribution is -0.142. The second-order valence-corrected chi connectivity index (χ2v) is 10.7. The molecule has 1 aliphatic rings. The van der Waals surface area contributed by atoms with Crippen molar-refractivity contribution >= 4 is 13.5 Å². The zero-order valence-electron chi connectivity index (χ0n) is 19.4. The number of phenolic OH excluding ortho intramolecular Hbond substituents is 1. The summed E-state index contributed by atoms with van der Waals surface area (Å²) in [5.74, 6) is 0.254. The third-order valence-corrected chi connectivity index (χ3v) is 7.68. The number of hydrogen-bond donors (Lipinski definition) is 2. The fourth-order valence-corrected chi connectivity index (χ4v) is 5.36. The number of aromatic hydroxyl groups is 1. The molecule has 31 heavy (non-hydrogen) atoms. The van der Waals surface area contributed by atoms with E-state index in [4.69, 9.17) is 9.26 Å². The number of aryl methyl sites for hydroxylation is 1. The van der Waals surface area contributed by atoms with Gasteiger partial charge in [-0.2, -0.15) is 0 Å². The molecule has 0 saturated carbocycles. The van der Waals surface area contributed by atoms with Crippen molar-refractivity contribution in [2.24, 2.45) is 0 Å². The van der Waals surface area contributed by atoms with Crippen LogP contribution < -0.4 is 9.61 Å². The molecule has 7 heteroatoms. The fourth-order valence-electron chi connectivity index (χ4n) is 4.01. The minimum absolute atomic E-state index is 0.00586. The number of esters is 1. The minimum Gasteiger partial charge on any atom is -0.507 e. The summed E-state index contributed by atoms with van der Waals surface area (Å²) in [7, 11) is -1.78. The van der Waals surface area contributed by atoms with Crippen LogP contribution in [0.2, 0.25) is 0 Å². The lowest BCUT2D eigenvalue weighted by Gasteiger charge is -2.26. The summed E-state index contributed by atoms with van der Waals surface area (Å²) >= 11 is 0. The Kier molecular flexibility index (Phi) is 10.1. The quantitative estimate of drug-likeness (QED) is 0.173. The summed E-state index contributed by atoms with van der Waals surface area (Å²) in [6.07, 6.45) is 9.27. The molecule has 0 saturated heterocycles. The van der Waals surface area contributed by atoms with Gasteiger partial charge in [-0.15, -0.1) is 0 Å². The van der Waals surface area contributed by atoms with Crippen LogP contribution in [0.15, 0.2) is 23.8 Å². The van der Waals surface area contributed by atoms with Crippen molar-refractivity contribution in [2.75, 3.05) is 19.8 Å². The number of unbranched alkanes of at least 4 members (excludes halogenated alkanes) is 2. The van der Waals surface area contributed by atoms with E-state index in [1.165, 1.54) is 5.57 Å². The predicted octanol–water partition coefficient (Wildman–Crippen LogP) is 6.08. The van der Waals surface area contributed by atoms with Crippen LogP contribution in [-0.2, 0) is 20.5 Å². The molecule has 0 aromatic heterocycles. The monoisotopic (exact) mass is 451 g/mol. The van der Waals surface area contributed by atoms with Crippen LogP contribution >= 0.6 is 7.52 Å². The molecule has 2 N–H and O–H groups in total. The van der Waals surface area contributed by atoms with Crippen molar-refractivity contribution in [3.63, 3.8) is 0 Å². The van der Waals surface area contributed by atoms with Gasteiger partial charge >= 0.3 is 13.5 Å². The fraction of sp³-hybridized carbons (Fsp3) is 0.625. The van der Waals surface area contributed by atoms with Gasteiger partial charge in [0.25, 0.3) is 0 Å². The number of phenols is 1. The van der Waals surface area contributed by atoms with Gasteiger partial charge in [0.05, 0.1) is 19.2 Å². The maximum absolute atomic E-state index is 13.4. The zero-order valence-corrected chi connectivity index (χ0v) is 20.3. The molecular weight excluding hydrogens is 413 g/mol. The van der Waals surface area contributed by atoms with E-state index < -0.39 is 13.5 Å². The average Bonchev–Trinajstić information content (AvgIpc) is 2.72. The first-order chi connectivity index (χ1) is 14.8. The highest BCUT2D eigenvalue weighted by Crippen LogP contribution is 2.49. The van der Waals surface area contributed by atoms with Crippen LogP contribution in [0.5, 0.6) is 11.5 Å². The molecule has 1 aliphatic carbocycles. The van der Waals surface area contributed by atoms with Crippen molar-refractivity contribution in [2.45, 2.75) is 78.1 Å².